The van der Waals surface area contributed by atoms with Gasteiger partial charge in [0.15, 0.2) is 0 Å². The SMILES string of the molecule is O=C([C@H]1C[C@@H]1c1ccc(F)cc1)N1CCN(Cc2ccco2)CC1. The number of nitrogens with zero attached hydrogens (tertiary/aromatic N) is 2. The number of piperazine rings is 1. The van der Waals surface area contributed by atoms with Crippen LogP contribution in [0, 0.1) is 11.7 Å². The van der Waals surface area contributed by atoms with Crippen LogP contribution >= 0.6 is 0 Å². The van der Waals surface area contributed by atoms with E-state index in [1.807, 2.05) is 17.0 Å². The van der Waals surface area contributed by atoms with Crippen LogP contribution in [0.25, 0.3) is 0 Å². The fourth-order valence-electron chi connectivity index (χ4n) is 3.53. The van der Waals surface area contributed by atoms with Crippen LogP contribution in [0.1, 0.15) is 23.7 Å². The van der Waals surface area contributed by atoms with Crippen molar-refractivity contribution < 1.29 is 13.6 Å². The highest BCUT2D eigenvalue weighted by Gasteiger charge is 2.46. The fourth-order valence-corrected chi connectivity index (χ4v) is 3.53. The molecule has 2 aromatic rings. The number of rotatable bonds is 4. The zero-order chi connectivity index (χ0) is 16.5. The molecule has 4 nitrogen and oxygen atoms in total. The topological polar surface area (TPSA) is 36.7 Å². The standard InChI is InChI=1S/C19H21FN2O2/c20-15-5-3-14(4-6-15)17-12-18(17)19(23)22-9-7-21(8-10-22)13-16-2-1-11-24-16/h1-6,11,17-18H,7-10,12-13H2/t17-,18+/m1/s1. The Morgan fingerprint density at radius 3 is 2.54 bits per heavy atom. The molecule has 1 amide bonds. The number of halogens is 1. The van der Waals surface area contributed by atoms with E-state index in [9.17, 15) is 9.18 Å². The monoisotopic (exact) mass is 328 g/mol. The molecule has 24 heavy (non-hydrogen) atoms. The van der Waals surface area contributed by atoms with Crippen molar-refractivity contribution in [2.45, 2.75) is 18.9 Å². The summed E-state index contributed by atoms with van der Waals surface area (Å²) in [5.74, 6) is 1.33. The predicted molar refractivity (Wildman–Crippen MR) is 87.8 cm³/mol. The summed E-state index contributed by atoms with van der Waals surface area (Å²) in [5, 5.41) is 0. The molecule has 0 N–H and O–H groups in total. The van der Waals surface area contributed by atoms with Crippen molar-refractivity contribution in [3.8, 4) is 0 Å². The lowest BCUT2D eigenvalue weighted by Gasteiger charge is -2.34. The second-order valence-electron chi connectivity index (χ2n) is 6.68. The Labute approximate surface area is 140 Å². The molecule has 2 atom stereocenters. The fraction of sp³-hybridized carbons (Fsp3) is 0.421. The Balaban J connectivity index is 1.28. The summed E-state index contributed by atoms with van der Waals surface area (Å²) in [7, 11) is 0. The maximum absolute atomic E-state index is 13.0. The van der Waals surface area contributed by atoms with Gasteiger partial charge in [-0.25, -0.2) is 4.39 Å². The van der Waals surface area contributed by atoms with Crippen molar-refractivity contribution in [2.75, 3.05) is 26.2 Å². The van der Waals surface area contributed by atoms with Gasteiger partial charge < -0.3 is 9.32 Å². The second-order valence-corrected chi connectivity index (χ2v) is 6.68. The quantitative estimate of drug-likeness (QED) is 0.866. The van der Waals surface area contributed by atoms with Crippen LogP contribution in [0.2, 0.25) is 0 Å². The molecule has 1 aliphatic heterocycles. The predicted octanol–water partition coefficient (Wildman–Crippen LogP) is 2.87. The molecule has 5 heteroatoms. The Kier molecular flexibility index (Phi) is 4.10. The molecular weight excluding hydrogens is 307 g/mol. The molecule has 1 saturated carbocycles. The summed E-state index contributed by atoms with van der Waals surface area (Å²) < 4.78 is 18.4. The number of hydrogen-bond acceptors (Lipinski definition) is 3. The van der Waals surface area contributed by atoms with E-state index in [2.05, 4.69) is 4.90 Å². The van der Waals surface area contributed by atoms with Crippen molar-refractivity contribution in [3.05, 3.63) is 59.8 Å². The molecular formula is C19H21FN2O2. The van der Waals surface area contributed by atoms with Crippen molar-refractivity contribution in [3.63, 3.8) is 0 Å². The van der Waals surface area contributed by atoms with Gasteiger partial charge in [-0.2, -0.15) is 0 Å². The summed E-state index contributed by atoms with van der Waals surface area (Å²) in [6.07, 6.45) is 2.58. The average molecular weight is 328 g/mol. The molecule has 4 rings (SSSR count). The van der Waals surface area contributed by atoms with Gasteiger partial charge in [0.1, 0.15) is 11.6 Å². The van der Waals surface area contributed by atoms with Gasteiger partial charge >= 0.3 is 0 Å². The number of carbonyl (C=O) groups is 1. The molecule has 2 fully saturated rings. The van der Waals surface area contributed by atoms with Crippen molar-refractivity contribution in [2.24, 2.45) is 5.92 Å². The molecule has 2 aliphatic rings. The van der Waals surface area contributed by atoms with Gasteiger partial charge in [0.25, 0.3) is 0 Å². The van der Waals surface area contributed by atoms with Crippen LogP contribution in [0.3, 0.4) is 0 Å². The van der Waals surface area contributed by atoms with E-state index >= 15 is 0 Å². The average Bonchev–Trinajstić information content (AvgIpc) is 3.24. The smallest absolute Gasteiger partial charge is 0.226 e. The Hall–Kier alpha value is -2.14. The molecule has 2 heterocycles. The summed E-state index contributed by atoms with van der Waals surface area (Å²) in [4.78, 5) is 16.9. The lowest BCUT2D eigenvalue weighted by molar-refractivity contribution is -0.134. The normalized spacial score (nSPS) is 24.1. The first-order chi connectivity index (χ1) is 11.7. The van der Waals surface area contributed by atoms with Crippen LogP contribution in [0.15, 0.2) is 47.1 Å². The van der Waals surface area contributed by atoms with E-state index in [-0.39, 0.29) is 23.6 Å². The van der Waals surface area contributed by atoms with Crippen molar-refractivity contribution in [1.29, 1.82) is 0 Å². The van der Waals surface area contributed by atoms with E-state index in [0.717, 1.165) is 50.5 Å². The van der Waals surface area contributed by atoms with Gasteiger partial charge in [-0.3, -0.25) is 9.69 Å². The van der Waals surface area contributed by atoms with Crippen LogP contribution in [0.4, 0.5) is 4.39 Å². The van der Waals surface area contributed by atoms with Crippen LogP contribution in [-0.4, -0.2) is 41.9 Å². The number of hydrogen-bond donors (Lipinski definition) is 0. The van der Waals surface area contributed by atoms with Gasteiger partial charge in [-0.15, -0.1) is 0 Å². The molecule has 1 aliphatic carbocycles. The van der Waals surface area contributed by atoms with Gasteiger partial charge in [0, 0.05) is 32.1 Å². The maximum atomic E-state index is 13.0. The van der Waals surface area contributed by atoms with Crippen molar-refractivity contribution >= 4 is 5.91 Å². The van der Waals surface area contributed by atoms with Gasteiger partial charge in [-0.1, -0.05) is 12.1 Å². The number of amides is 1. The molecule has 0 spiro atoms. The molecule has 1 aromatic carbocycles. The van der Waals surface area contributed by atoms with Crippen molar-refractivity contribution in [1.82, 2.24) is 9.80 Å². The third-order valence-corrected chi connectivity index (χ3v) is 5.05. The van der Waals surface area contributed by atoms with Gasteiger partial charge in [0.2, 0.25) is 5.91 Å². The molecule has 1 saturated heterocycles. The Bertz CT molecular complexity index is 691. The highest BCUT2D eigenvalue weighted by Crippen LogP contribution is 2.48. The first-order valence-electron chi connectivity index (χ1n) is 8.50. The molecule has 126 valence electrons. The van der Waals surface area contributed by atoms with Crippen LogP contribution in [-0.2, 0) is 11.3 Å². The van der Waals surface area contributed by atoms with Crippen LogP contribution < -0.4 is 0 Å². The Morgan fingerprint density at radius 2 is 1.88 bits per heavy atom. The van der Waals surface area contributed by atoms with Crippen LogP contribution in [0.5, 0.6) is 0 Å². The number of furan rings is 1. The summed E-state index contributed by atoms with van der Waals surface area (Å²) in [5.41, 5.74) is 1.08. The summed E-state index contributed by atoms with van der Waals surface area (Å²) >= 11 is 0. The minimum absolute atomic E-state index is 0.0760. The highest BCUT2D eigenvalue weighted by atomic mass is 19.1. The molecule has 0 unspecified atom stereocenters. The number of benzene rings is 1. The second kappa shape index (κ2) is 6.40. The van der Waals surface area contributed by atoms with E-state index in [0.29, 0.717) is 0 Å². The van der Waals surface area contributed by atoms with E-state index < -0.39 is 0 Å². The number of carbonyl (C=O) groups excluding carboxylic acids is 1. The first kappa shape index (κ1) is 15.4. The van der Waals surface area contributed by atoms with E-state index in [1.54, 1.807) is 18.4 Å². The Morgan fingerprint density at radius 1 is 1.12 bits per heavy atom. The zero-order valence-electron chi connectivity index (χ0n) is 13.5. The van der Waals surface area contributed by atoms with E-state index in [4.69, 9.17) is 4.42 Å². The van der Waals surface area contributed by atoms with E-state index in [1.165, 1.54) is 12.1 Å². The molecule has 0 radical (unpaired) electrons. The third-order valence-electron chi connectivity index (χ3n) is 5.05. The maximum Gasteiger partial charge on any atom is 0.226 e. The minimum atomic E-state index is -0.227. The lowest BCUT2D eigenvalue weighted by Crippen LogP contribution is -2.48. The highest BCUT2D eigenvalue weighted by molar-refractivity contribution is 5.83. The third kappa shape index (κ3) is 3.22. The van der Waals surface area contributed by atoms with Gasteiger partial charge in [0.05, 0.1) is 12.8 Å². The summed E-state index contributed by atoms with van der Waals surface area (Å²) in [6, 6.07) is 10.4. The zero-order valence-corrected chi connectivity index (χ0v) is 13.5. The minimum Gasteiger partial charge on any atom is -0.468 e. The molecule has 1 aromatic heterocycles. The summed E-state index contributed by atoms with van der Waals surface area (Å²) in [6.45, 7) is 4.09. The first-order valence-corrected chi connectivity index (χ1v) is 8.50. The molecule has 0 bridgehead atoms. The lowest BCUT2D eigenvalue weighted by atomic mass is 10.1. The largest absolute Gasteiger partial charge is 0.468 e. The van der Waals surface area contributed by atoms with Gasteiger partial charge in [-0.05, 0) is 42.2 Å².